The number of nitriles is 1. The van der Waals surface area contributed by atoms with Crippen molar-refractivity contribution in [3.8, 4) is 6.07 Å². The van der Waals surface area contributed by atoms with Crippen LogP contribution < -0.4 is 0 Å². The molecule has 0 N–H and O–H groups in total. The molecule has 0 aliphatic rings. The first-order valence-corrected chi connectivity index (χ1v) is 6.08. The van der Waals surface area contributed by atoms with E-state index in [1.165, 1.54) is 0 Å². The molecule has 5 heteroatoms. The summed E-state index contributed by atoms with van der Waals surface area (Å²) < 4.78 is 6.68. The topological polar surface area (TPSA) is 67.4 Å². The summed E-state index contributed by atoms with van der Waals surface area (Å²) in [7, 11) is 0. The third-order valence-electron chi connectivity index (χ3n) is 3.04. The molecule has 0 amide bonds. The molecule has 0 saturated carbocycles. The minimum absolute atomic E-state index is 0.294. The van der Waals surface area contributed by atoms with Crippen LogP contribution in [-0.4, -0.2) is 22.2 Å². The van der Waals surface area contributed by atoms with Gasteiger partial charge in [-0.15, -0.1) is 0 Å². The summed E-state index contributed by atoms with van der Waals surface area (Å²) in [6.07, 6.45) is 0. The van der Waals surface area contributed by atoms with Crippen molar-refractivity contribution in [2.45, 2.75) is 27.7 Å². The highest BCUT2D eigenvalue weighted by Crippen LogP contribution is 2.24. The van der Waals surface area contributed by atoms with Gasteiger partial charge in [0.15, 0.2) is 0 Å². The lowest BCUT2D eigenvalue weighted by molar-refractivity contribution is 0.0528. The summed E-state index contributed by atoms with van der Waals surface area (Å²) in [6, 6.07) is 4.03. The molecular weight excluding hydrogens is 242 g/mol. The van der Waals surface area contributed by atoms with Crippen LogP contribution >= 0.6 is 0 Å². The van der Waals surface area contributed by atoms with Crippen molar-refractivity contribution in [3.63, 3.8) is 0 Å². The maximum Gasteiger partial charge on any atom is 0.342 e. The highest BCUT2D eigenvalue weighted by Gasteiger charge is 2.22. The second-order valence-corrected chi connectivity index (χ2v) is 4.40. The number of ether oxygens (including phenoxy) is 1. The lowest BCUT2D eigenvalue weighted by Crippen LogP contribution is -2.07. The van der Waals surface area contributed by atoms with Crippen LogP contribution in [0.15, 0.2) is 6.07 Å². The molecule has 0 saturated heterocycles. The van der Waals surface area contributed by atoms with E-state index in [-0.39, 0.29) is 0 Å². The lowest BCUT2D eigenvalue weighted by Gasteiger charge is -2.06. The van der Waals surface area contributed by atoms with E-state index in [4.69, 9.17) is 4.74 Å². The predicted octanol–water partition coefficient (Wildman–Crippen LogP) is 2.31. The fourth-order valence-corrected chi connectivity index (χ4v) is 2.24. The van der Waals surface area contributed by atoms with Gasteiger partial charge in [0.25, 0.3) is 0 Å². The molecule has 2 rings (SSSR count). The Labute approximate surface area is 111 Å². The first-order valence-electron chi connectivity index (χ1n) is 6.08. The summed E-state index contributed by atoms with van der Waals surface area (Å²) in [5.41, 5.74) is 3.67. The van der Waals surface area contributed by atoms with Crippen molar-refractivity contribution >= 4 is 11.5 Å². The van der Waals surface area contributed by atoms with Crippen LogP contribution in [0.4, 0.5) is 0 Å². The number of esters is 1. The van der Waals surface area contributed by atoms with Crippen molar-refractivity contribution < 1.29 is 9.53 Å². The molecule has 0 aliphatic heterocycles. The van der Waals surface area contributed by atoms with Crippen LogP contribution in [0.3, 0.4) is 0 Å². The Morgan fingerprint density at radius 3 is 2.74 bits per heavy atom. The van der Waals surface area contributed by atoms with Gasteiger partial charge in [0, 0.05) is 5.69 Å². The number of rotatable bonds is 2. The molecule has 0 unspecified atom stereocenters. The molecule has 2 aromatic rings. The number of aromatic nitrogens is 2. The third-order valence-corrected chi connectivity index (χ3v) is 3.04. The lowest BCUT2D eigenvalue weighted by atomic mass is 10.1. The molecular formula is C14H15N3O2. The molecule has 5 nitrogen and oxygen atoms in total. The zero-order valence-corrected chi connectivity index (χ0v) is 11.4. The van der Waals surface area contributed by atoms with Crippen molar-refractivity contribution in [1.29, 1.82) is 5.26 Å². The molecule has 0 spiro atoms. The Balaban J connectivity index is 2.88. The zero-order valence-electron chi connectivity index (χ0n) is 11.4. The van der Waals surface area contributed by atoms with E-state index in [0.717, 1.165) is 11.3 Å². The molecule has 0 aromatic carbocycles. The first kappa shape index (κ1) is 13.1. The number of aryl methyl sites for hydroxylation is 3. The van der Waals surface area contributed by atoms with E-state index < -0.39 is 5.97 Å². The van der Waals surface area contributed by atoms with Gasteiger partial charge in [0.1, 0.15) is 11.6 Å². The summed E-state index contributed by atoms with van der Waals surface area (Å²) in [4.78, 5) is 12.0. The summed E-state index contributed by atoms with van der Waals surface area (Å²) in [5.74, 6) is -0.434. The third kappa shape index (κ3) is 1.95. The normalized spacial score (nSPS) is 10.5. The van der Waals surface area contributed by atoms with Crippen LogP contribution in [0.1, 0.15) is 39.8 Å². The number of fused-ring (bicyclic) bond motifs is 1. The Hall–Kier alpha value is -2.35. The van der Waals surface area contributed by atoms with Crippen molar-refractivity contribution in [2.24, 2.45) is 0 Å². The molecule has 0 atom stereocenters. The second-order valence-electron chi connectivity index (χ2n) is 4.40. The number of hydrogen-bond acceptors (Lipinski definition) is 4. The van der Waals surface area contributed by atoms with Gasteiger partial charge < -0.3 is 4.74 Å². The molecule has 0 radical (unpaired) electrons. The number of carbonyl (C=O) groups excluding carboxylic acids is 1. The maximum absolute atomic E-state index is 12.0. The van der Waals surface area contributed by atoms with Crippen molar-refractivity contribution in [2.75, 3.05) is 6.61 Å². The number of nitrogens with zero attached hydrogens (tertiary/aromatic N) is 3. The van der Waals surface area contributed by atoms with E-state index >= 15 is 0 Å². The van der Waals surface area contributed by atoms with E-state index in [9.17, 15) is 10.1 Å². The molecule has 19 heavy (non-hydrogen) atoms. The Morgan fingerprint density at radius 1 is 1.47 bits per heavy atom. The highest BCUT2D eigenvalue weighted by atomic mass is 16.5. The predicted molar refractivity (Wildman–Crippen MR) is 70.1 cm³/mol. The first-order chi connectivity index (χ1) is 9.01. The molecule has 0 aliphatic carbocycles. The van der Waals surface area contributed by atoms with Crippen LogP contribution in [0.25, 0.3) is 5.52 Å². The standard InChI is InChI=1S/C14H15N3O2/c1-5-19-14(18)12-10(4)16-17-9(3)6-8(2)11(7-15)13(12)17/h6H,5H2,1-4H3. The Bertz CT molecular complexity index is 708. The summed E-state index contributed by atoms with van der Waals surface area (Å²) in [6.45, 7) is 7.53. The highest BCUT2D eigenvalue weighted by molar-refractivity contribution is 6.00. The maximum atomic E-state index is 12.0. The average Bonchev–Trinajstić information content (AvgIpc) is 2.68. The smallest absolute Gasteiger partial charge is 0.342 e. The monoisotopic (exact) mass is 257 g/mol. The molecule has 2 aromatic heterocycles. The molecule has 2 heterocycles. The van der Waals surface area contributed by atoms with Gasteiger partial charge >= 0.3 is 5.97 Å². The quantitative estimate of drug-likeness (QED) is 0.774. The van der Waals surface area contributed by atoms with Crippen LogP contribution in [-0.2, 0) is 4.74 Å². The Kier molecular flexibility index (Phi) is 3.26. The molecule has 0 bridgehead atoms. The van der Waals surface area contributed by atoms with Crippen LogP contribution in [0.2, 0.25) is 0 Å². The Morgan fingerprint density at radius 2 is 2.16 bits per heavy atom. The zero-order chi connectivity index (χ0) is 14.2. The van der Waals surface area contributed by atoms with Gasteiger partial charge in [-0.1, -0.05) is 0 Å². The largest absolute Gasteiger partial charge is 0.462 e. The van der Waals surface area contributed by atoms with Gasteiger partial charge in [0.2, 0.25) is 0 Å². The minimum atomic E-state index is -0.434. The van der Waals surface area contributed by atoms with Gasteiger partial charge in [-0.25, -0.2) is 9.31 Å². The van der Waals surface area contributed by atoms with E-state index in [1.807, 2.05) is 19.9 Å². The van der Waals surface area contributed by atoms with Gasteiger partial charge in [-0.3, -0.25) is 0 Å². The van der Waals surface area contributed by atoms with Gasteiger partial charge in [0.05, 0.1) is 23.4 Å². The SMILES string of the molecule is CCOC(=O)c1c(C)nn2c(C)cc(C)c(C#N)c12. The summed E-state index contributed by atoms with van der Waals surface area (Å²) in [5, 5.41) is 13.6. The van der Waals surface area contributed by atoms with E-state index in [0.29, 0.717) is 28.9 Å². The summed E-state index contributed by atoms with van der Waals surface area (Å²) >= 11 is 0. The minimum Gasteiger partial charge on any atom is -0.462 e. The van der Waals surface area contributed by atoms with E-state index in [2.05, 4.69) is 11.2 Å². The number of pyridine rings is 1. The van der Waals surface area contributed by atoms with Crippen LogP contribution in [0, 0.1) is 32.1 Å². The average molecular weight is 257 g/mol. The van der Waals surface area contributed by atoms with Crippen molar-refractivity contribution in [3.05, 3.63) is 34.1 Å². The fraction of sp³-hybridized carbons (Fsp3) is 0.357. The number of hydrogen-bond donors (Lipinski definition) is 0. The van der Waals surface area contributed by atoms with Crippen molar-refractivity contribution in [1.82, 2.24) is 9.61 Å². The van der Waals surface area contributed by atoms with Gasteiger partial charge in [-0.2, -0.15) is 10.4 Å². The van der Waals surface area contributed by atoms with Crippen LogP contribution in [0.5, 0.6) is 0 Å². The van der Waals surface area contributed by atoms with E-state index in [1.54, 1.807) is 18.4 Å². The fourth-order valence-electron chi connectivity index (χ4n) is 2.24. The van der Waals surface area contributed by atoms with Gasteiger partial charge in [-0.05, 0) is 39.3 Å². The second kappa shape index (κ2) is 4.73. The molecule has 0 fully saturated rings. The number of carbonyl (C=O) groups is 1. The molecule has 98 valence electrons.